The average molecular weight is 444 g/mol. The third-order valence-corrected chi connectivity index (χ3v) is 3.15. The average Bonchev–Trinajstić information content (AvgIpc) is 3.29. The van der Waals surface area contributed by atoms with Crippen LogP contribution >= 0.6 is 24.0 Å². The number of aromatic nitrogens is 1. The fraction of sp³-hybridized carbons (Fsp3) is 0.571. The predicted octanol–water partition coefficient (Wildman–Crippen LogP) is 2.72. The molecule has 0 aromatic carbocycles. The molecule has 5 nitrogen and oxygen atoms in total. The highest BCUT2D eigenvalue weighted by atomic mass is 127. The monoisotopic (exact) mass is 444 g/mol. The molecule has 23 heavy (non-hydrogen) atoms. The minimum Gasteiger partial charge on any atom is -0.468 e. The van der Waals surface area contributed by atoms with Gasteiger partial charge < -0.3 is 15.4 Å². The zero-order valence-electron chi connectivity index (χ0n) is 12.7. The van der Waals surface area contributed by atoms with E-state index in [2.05, 4.69) is 20.6 Å². The molecule has 130 valence electrons. The number of nitrogens with one attached hydrogen (secondary N) is 2. The van der Waals surface area contributed by atoms with Crippen molar-refractivity contribution >= 4 is 29.9 Å². The summed E-state index contributed by atoms with van der Waals surface area (Å²) in [6, 6.07) is 3.32. The van der Waals surface area contributed by atoms with Crippen molar-refractivity contribution in [1.29, 1.82) is 0 Å². The Bertz CT molecular complexity index is 521. The molecular formula is C14H20F3IN4O. The van der Waals surface area contributed by atoms with Crippen molar-refractivity contribution in [3.05, 3.63) is 23.9 Å². The lowest BCUT2D eigenvalue weighted by Crippen LogP contribution is -2.38. The second kappa shape index (κ2) is 9.14. The molecule has 1 aromatic heterocycles. The number of halogens is 4. The second-order valence-corrected chi connectivity index (χ2v) is 5.12. The molecule has 0 amide bonds. The summed E-state index contributed by atoms with van der Waals surface area (Å²) in [4.78, 5) is 7.92. The van der Waals surface area contributed by atoms with E-state index in [-0.39, 0.29) is 36.4 Å². The zero-order valence-corrected chi connectivity index (χ0v) is 15.0. The van der Waals surface area contributed by atoms with Crippen molar-refractivity contribution in [2.24, 2.45) is 10.9 Å². The molecule has 1 aromatic rings. The van der Waals surface area contributed by atoms with Crippen LogP contribution in [0.15, 0.2) is 23.3 Å². The molecular weight excluding hydrogens is 424 g/mol. The van der Waals surface area contributed by atoms with E-state index in [0.717, 1.165) is 6.54 Å². The van der Waals surface area contributed by atoms with Crippen molar-refractivity contribution in [3.8, 4) is 5.88 Å². The number of hydrogen-bond acceptors (Lipinski definition) is 3. The SMILES string of the molecule is CN=C(NCc1cccnc1OCC(F)(F)F)NCC1CC1.I. The Labute approximate surface area is 150 Å². The van der Waals surface area contributed by atoms with Crippen molar-refractivity contribution in [2.45, 2.75) is 25.6 Å². The van der Waals surface area contributed by atoms with Gasteiger partial charge in [0.25, 0.3) is 0 Å². The number of rotatable bonds is 6. The van der Waals surface area contributed by atoms with E-state index >= 15 is 0 Å². The summed E-state index contributed by atoms with van der Waals surface area (Å²) in [6.07, 6.45) is -0.538. The summed E-state index contributed by atoms with van der Waals surface area (Å²) in [7, 11) is 1.65. The summed E-state index contributed by atoms with van der Waals surface area (Å²) >= 11 is 0. The summed E-state index contributed by atoms with van der Waals surface area (Å²) in [5.74, 6) is 1.28. The van der Waals surface area contributed by atoms with Gasteiger partial charge >= 0.3 is 6.18 Å². The highest BCUT2D eigenvalue weighted by Crippen LogP contribution is 2.27. The van der Waals surface area contributed by atoms with Crippen LogP contribution in [0.4, 0.5) is 13.2 Å². The Morgan fingerprint density at radius 1 is 1.39 bits per heavy atom. The van der Waals surface area contributed by atoms with Crippen LogP contribution in [-0.4, -0.2) is 37.3 Å². The number of pyridine rings is 1. The molecule has 2 rings (SSSR count). The first kappa shape index (κ1) is 19.8. The fourth-order valence-corrected chi connectivity index (χ4v) is 1.80. The predicted molar refractivity (Wildman–Crippen MR) is 92.1 cm³/mol. The van der Waals surface area contributed by atoms with Crippen molar-refractivity contribution in [2.75, 3.05) is 20.2 Å². The van der Waals surface area contributed by atoms with Crippen LogP contribution in [-0.2, 0) is 6.54 Å². The molecule has 0 saturated heterocycles. The van der Waals surface area contributed by atoms with Crippen LogP contribution in [0.5, 0.6) is 5.88 Å². The first-order valence-corrected chi connectivity index (χ1v) is 7.06. The second-order valence-electron chi connectivity index (χ2n) is 5.12. The molecule has 0 bridgehead atoms. The molecule has 1 aliphatic rings. The number of hydrogen-bond donors (Lipinski definition) is 2. The van der Waals surface area contributed by atoms with Crippen molar-refractivity contribution < 1.29 is 17.9 Å². The molecule has 0 aliphatic heterocycles. The number of guanidine groups is 1. The van der Waals surface area contributed by atoms with Gasteiger partial charge in [0.15, 0.2) is 12.6 Å². The minimum absolute atomic E-state index is 0. The van der Waals surface area contributed by atoms with Gasteiger partial charge in [-0.15, -0.1) is 24.0 Å². The van der Waals surface area contributed by atoms with Gasteiger partial charge in [-0.3, -0.25) is 4.99 Å². The van der Waals surface area contributed by atoms with Gasteiger partial charge in [-0.1, -0.05) is 6.07 Å². The van der Waals surface area contributed by atoms with Crippen LogP contribution in [0.1, 0.15) is 18.4 Å². The van der Waals surface area contributed by atoms with Crippen molar-refractivity contribution in [3.63, 3.8) is 0 Å². The van der Waals surface area contributed by atoms with Crippen LogP contribution in [0.3, 0.4) is 0 Å². The highest BCUT2D eigenvalue weighted by Gasteiger charge is 2.29. The lowest BCUT2D eigenvalue weighted by atomic mass is 10.2. The molecule has 0 spiro atoms. The van der Waals surface area contributed by atoms with Gasteiger partial charge in [0.1, 0.15) is 0 Å². The molecule has 1 aliphatic carbocycles. The highest BCUT2D eigenvalue weighted by molar-refractivity contribution is 14.0. The molecule has 0 atom stereocenters. The molecule has 2 N–H and O–H groups in total. The molecule has 0 radical (unpaired) electrons. The van der Waals surface area contributed by atoms with Crippen LogP contribution in [0, 0.1) is 5.92 Å². The quantitative estimate of drug-likeness (QED) is 0.403. The van der Waals surface area contributed by atoms with Crippen molar-refractivity contribution in [1.82, 2.24) is 15.6 Å². The molecule has 1 heterocycles. The van der Waals surface area contributed by atoms with E-state index in [9.17, 15) is 13.2 Å². The van der Waals surface area contributed by atoms with E-state index in [4.69, 9.17) is 4.74 Å². The van der Waals surface area contributed by atoms with E-state index < -0.39 is 12.8 Å². The molecule has 1 saturated carbocycles. The maximum Gasteiger partial charge on any atom is 0.422 e. The topological polar surface area (TPSA) is 58.5 Å². The number of ether oxygens (including phenoxy) is 1. The normalized spacial score (nSPS) is 14.9. The van der Waals surface area contributed by atoms with Crippen LogP contribution < -0.4 is 15.4 Å². The molecule has 0 unspecified atom stereocenters. The largest absolute Gasteiger partial charge is 0.468 e. The van der Waals surface area contributed by atoms with Gasteiger partial charge in [-0.2, -0.15) is 13.2 Å². The Morgan fingerprint density at radius 3 is 2.74 bits per heavy atom. The minimum atomic E-state index is -4.38. The zero-order chi connectivity index (χ0) is 16.0. The van der Waals surface area contributed by atoms with E-state index in [0.29, 0.717) is 17.4 Å². The lowest BCUT2D eigenvalue weighted by molar-refractivity contribution is -0.154. The summed E-state index contributed by atoms with van der Waals surface area (Å²) < 4.78 is 41.4. The third kappa shape index (κ3) is 7.71. The standard InChI is InChI=1S/C14H19F3N4O.HI/c1-18-13(20-7-10-4-5-10)21-8-11-3-2-6-19-12(11)22-9-14(15,16)17;/h2-3,6,10H,4-5,7-9H2,1H3,(H2,18,20,21);1H. The number of nitrogens with zero attached hydrogens (tertiary/aromatic N) is 2. The smallest absolute Gasteiger partial charge is 0.422 e. The first-order chi connectivity index (χ1) is 10.5. The number of aliphatic imine (C=N–C) groups is 1. The summed E-state index contributed by atoms with van der Waals surface area (Å²) in [6.45, 7) is -0.221. The Hall–Kier alpha value is -1.26. The van der Waals surface area contributed by atoms with E-state index in [1.54, 1.807) is 19.2 Å². The Morgan fingerprint density at radius 2 is 2.13 bits per heavy atom. The Kier molecular flexibility index (Phi) is 7.86. The van der Waals surface area contributed by atoms with Gasteiger partial charge in [0.05, 0.1) is 0 Å². The van der Waals surface area contributed by atoms with Gasteiger partial charge in [0.2, 0.25) is 5.88 Å². The first-order valence-electron chi connectivity index (χ1n) is 7.06. The van der Waals surface area contributed by atoms with E-state index in [1.165, 1.54) is 19.0 Å². The fourth-order valence-electron chi connectivity index (χ4n) is 1.80. The third-order valence-electron chi connectivity index (χ3n) is 3.15. The molecule has 9 heteroatoms. The van der Waals surface area contributed by atoms with Crippen LogP contribution in [0.2, 0.25) is 0 Å². The maximum absolute atomic E-state index is 12.2. The number of alkyl halides is 3. The summed E-state index contributed by atoms with van der Waals surface area (Å²) in [5, 5.41) is 6.22. The van der Waals surface area contributed by atoms with Gasteiger partial charge in [-0.25, -0.2) is 4.98 Å². The van der Waals surface area contributed by atoms with E-state index in [1.807, 2.05) is 0 Å². The van der Waals surface area contributed by atoms with Gasteiger partial charge in [-0.05, 0) is 24.8 Å². The maximum atomic E-state index is 12.2. The lowest BCUT2D eigenvalue weighted by Gasteiger charge is -2.14. The Balaban J connectivity index is 0.00000264. The van der Waals surface area contributed by atoms with Crippen LogP contribution in [0.25, 0.3) is 0 Å². The van der Waals surface area contributed by atoms with Gasteiger partial charge in [0, 0.05) is 31.9 Å². The summed E-state index contributed by atoms with van der Waals surface area (Å²) in [5.41, 5.74) is 0.543. The molecule has 1 fully saturated rings.